The highest BCUT2D eigenvalue weighted by Gasteiger charge is 2.28. The molecule has 1 unspecified atom stereocenters. The predicted molar refractivity (Wildman–Crippen MR) is 61.7 cm³/mol. The third kappa shape index (κ3) is 1.65. The first-order valence-corrected chi connectivity index (χ1v) is 5.30. The van der Waals surface area contributed by atoms with E-state index in [9.17, 15) is 4.79 Å². The minimum atomic E-state index is 0.0404. The Kier molecular flexibility index (Phi) is 2.83. The lowest BCUT2D eigenvalue weighted by Gasteiger charge is -2.31. The van der Waals surface area contributed by atoms with Crippen LogP contribution in [0, 0.1) is 0 Å². The molecule has 0 fully saturated rings. The van der Waals surface area contributed by atoms with Gasteiger partial charge in [-0.05, 0) is 17.7 Å². The van der Waals surface area contributed by atoms with Gasteiger partial charge in [-0.25, -0.2) is 0 Å². The maximum atomic E-state index is 12.0. The van der Waals surface area contributed by atoms with E-state index in [0.29, 0.717) is 24.4 Å². The van der Waals surface area contributed by atoms with E-state index >= 15 is 0 Å². The fourth-order valence-corrected chi connectivity index (χ4v) is 2.12. The zero-order valence-corrected chi connectivity index (χ0v) is 9.56. The Balaban J connectivity index is 2.50. The van der Waals surface area contributed by atoms with E-state index in [4.69, 9.17) is 10.5 Å². The quantitative estimate of drug-likeness (QED) is 0.803. The van der Waals surface area contributed by atoms with Crippen molar-refractivity contribution in [3.63, 3.8) is 0 Å². The molecule has 4 nitrogen and oxygen atoms in total. The monoisotopic (exact) mass is 220 g/mol. The van der Waals surface area contributed by atoms with Gasteiger partial charge in [-0.2, -0.15) is 0 Å². The lowest BCUT2D eigenvalue weighted by Crippen LogP contribution is -2.39. The highest BCUT2D eigenvalue weighted by molar-refractivity contribution is 5.97. The van der Waals surface area contributed by atoms with Crippen molar-refractivity contribution in [2.24, 2.45) is 5.73 Å². The number of methoxy groups -OCH3 is 1. The Labute approximate surface area is 95.0 Å². The fourth-order valence-electron chi connectivity index (χ4n) is 2.12. The SMILES string of the molecule is COc1ccc2c(c1)C(=O)N(C)CC2CN. The molecule has 0 saturated carbocycles. The summed E-state index contributed by atoms with van der Waals surface area (Å²) in [6.07, 6.45) is 0. The molecule has 0 saturated heterocycles. The lowest BCUT2D eigenvalue weighted by molar-refractivity contribution is 0.0766. The summed E-state index contributed by atoms with van der Waals surface area (Å²) in [5, 5.41) is 0. The number of carbonyl (C=O) groups excluding carboxylic acids is 1. The van der Waals surface area contributed by atoms with Crippen molar-refractivity contribution in [3.05, 3.63) is 29.3 Å². The van der Waals surface area contributed by atoms with Crippen LogP contribution in [-0.2, 0) is 0 Å². The first kappa shape index (κ1) is 11.0. The van der Waals surface area contributed by atoms with Gasteiger partial charge in [0.2, 0.25) is 0 Å². The largest absolute Gasteiger partial charge is 0.497 e. The van der Waals surface area contributed by atoms with Crippen LogP contribution in [-0.4, -0.2) is 38.1 Å². The molecule has 1 heterocycles. The van der Waals surface area contributed by atoms with Crippen LogP contribution < -0.4 is 10.5 Å². The van der Waals surface area contributed by atoms with Gasteiger partial charge in [-0.1, -0.05) is 6.07 Å². The van der Waals surface area contributed by atoms with Crippen molar-refractivity contribution in [1.82, 2.24) is 4.90 Å². The predicted octanol–water partition coefficient (Wildman–Crippen LogP) is 0.823. The topological polar surface area (TPSA) is 55.6 Å². The van der Waals surface area contributed by atoms with Crippen LogP contribution in [0.4, 0.5) is 0 Å². The summed E-state index contributed by atoms with van der Waals surface area (Å²) in [5.41, 5.74) is 7.47. The van der Waals surface area contributed by atoms with Gasteiger partial charge in [-0.3, -0.25) is 4.79 Å². The fraction of sp³-hybridized carbons (Fsp3) is 0.417. The number of rotatable bonds is 2. The number of fused-ring (bicyclic) bond motifs is 1. The Morgan fingerprint density at radius 2 is 2.31 bits per heavy atom. The van der Waals surface area contributed by atoms with E-state index in [-0.39, 0.29) is 11.8 Å². The Bertz CT molecular complexity index is 417. The van der Waals surface area contributed by atoms with Crippen LogP contribution in [0.2, 0.25) is 0 Å². The number of likely N-dealkylation sites (N-methyl/N-ethyl adjacent to an activating group) is 1. The number of hydrogen-bond acceptors (Lipinski definition) is 3. The molecule has 86 valence electrons. The van der Waals surface area contributed by atoms with Crippen molar-refractivity contribution in [1.29, 1.82) is 0 Å². The Hall–Kier alpha value is -1.55. The van der Waals surface area contributed by atoms with Gasteiger partial charge in [0.15, 0.2) is 0 Å². The number of carbonyl (C=O) groups is 1. The van der Waals surface area contributed by atoms with Crippen LogP contribution in [0.3, 0.4) is 0 Å². The van der Waals surface area contributed by atoms with Crippen LogP contribution in [0.25, 0.3) is 0 Å². The summed E-state index contributed by atoms with van der Waals surface area (Å²) in [6, 6.07) is 5.60. The molecule has 0 bridgehead atoms. The van der Waals surface area contributed by atoms with Gasteiger partial charge < -0.3 is 15.4 Å². The van der Waals surface area contributed by atoms with Crippen molar-refractivity contribution in [2.75, 3.05) is 27.2 Å². The molecule has 0 aromatic heterocycles. The zero-order valence-electron chi connectivity index (χ0n) is 9.56. The first-order chi connectivity index (χ1) is 7.67. The first-order valence-electron chi connectivity index (χ1n) is 5.30. The summed E-state index contributed by atoms with van der Waals surface area (Å²) in [6.45, 7) is 1.24. The molecule has 1 atom stereocenters. The summed E-state index contributed by atoms with van der Waals surface area (Å²) in [5.74, 6) is 0.973. The summed E-state index contributed by atoms with van der Waals surface area (Å²) >= 11 is 0. The highest BCUT2D eigenvalue weighted by Crippen LogP contribution is 2.29. The van der Waals surface area contributed by atoms with Crippen molar-refractivity contribution < 1.29 is 9.53 Å². The minimum Gasteiger partial charge on any atom is -0.497 e. The summed E-state index contributed by atoms with van der Waals surface area (Å²) in [7, 11) is 3.40. The van der Waals surface area contributed by atoms with Gasteiger partial charge in [-0.15, -0.1) is 0 Å². The summed E-state index contributed by atoms with van der Waals surface area (Å²) < 4.78 is 5.13. The van der Waals surface area contributed by atoms with E-state index < -0.39 is 0 Å². The molecule has 4 heteroatoms. The average molecular weight is 220 g/mol. The molecule has 0 aliphatic carbocycles. The second-order valence-electron chi connectivity index (χ2n) is 4.07. The molecule has 1 aliphatic heterocycles. The normalized spacial score (nSPS) is 19.6. The number of ether oxygens (including phenoxy) is 1. The third-order valence-electron chi connectivity index (χ3n) is 3.06. The van der Waals surface area contributed by atoms with Crippen molar-refractivity contribution >= 4 is 5.91 Å². The lowest BCUT2D eigenvalue weighted by atomic mass is 9.89. The third-order valence-corrected chi connectivity index (χ3v) is 3.06. The van der Waals surface area contributed by atoms with Crippen LogP contribution >= 0.6 is 0 Å². The van der Waals surface area contributed by atoms with E-state index in [1.165, 1.54) is 0 Å². The molecule has 1 aromatic carbocycles. The van der Waals surface area contributed by atoms with Crippen molar-refractivity contribution in [2.45, 2.75) is 5.92 Å². The standard InChI is InChI=1S/C12H16N2O2/c1-14-7-8(6-13)10-4-3-9(16-2)5-11(10)12(14)15/h3-5,8H,6-7,13H2,1-2H3. The van der Waals surface area contributed by atoms with Gasteiger partial charge in [0.25, 0.3) is 5.91 Å². The maximum Gasteiger partial charge on any atom is 0.254 e. The smallest absolute Gasteiger partial charge is 0.254 e. The van der Waals surface area contributed by atoms with E-state index in [2.05, 4.69) is 0 Å². The molecular weight excluding hydrogens is 204 g/mol. The zero-order chi connectivity index (χ0) is 11.7. The van der Waals surface area contributed by atoms with E-state index in [0.717, 1.165) is 5.56 Å². The van der Waals surface area contributed by atoms with Gasteiger partial charge >= 0.3 is 0 Å². The van der Waals surface area contributed by atoms with Gasteiger partial charge in [0, 0.05) is 31.6 Å². The Morgan fingerprint density at radius 1 is 1.56 bits per heavy atom. The van der Waals surface area contributed by atoms with Crippen LogP contribution in [0.15, 0.2) is 18.2 Å². The van der Waals surface area contributed by atoms with Crippen LogP contribution in [0.1, 0.15) is 21.8 Å². The molecule has 1 aliphatic rings. The highest BCUT2D eigenvalue weighted by atomic mass is 16.5. The molecule has 0 spiro atoms. The minimum absolute atomic E-state index is 0.0404. The number of nitrogens with zero attached hydrogens (tertiary/aromatic N) is 1. The number of hydrogen-bond donors (Lipinski definition) is 1. The number of nitrogens with two attached hydrogens (primary N) is 1. The molecule has 2 rings (SSSR count). The van der Waals surface area contributed by atoms with Gasteiger partial charge in [0.05, 0.1) is 7.11 Å². The van der Waals surface area contributed by atoms with E-state index in [1.54, 1.807) is 25.1 Å². The van der Waals surface area contributed by atoms with Crippen LogP contribution in [0.5, 0.6) is 5.75 Å². The Morgan fingerprint density at radius 3 is 2.94 bits per heavy atom. The number of amides is 1. The maximum absolute atomic E-state index is 12.0. The molecule has 16 heavy (non-hydrogen) atoms. The number of benzene rings is 1. The van der Waals surface area contributed by atoms with Gasteiger partial charge in [0.1, 0.15) is 5.75 Å². The van der Waals surface area contributed by atoms with E-state index in [1.807, 2.05) is 12.1 Å². The second-order valence-corrected chi connectivity index (χ2v) is 4.07. The molecule has 2 N–H and O–H groups in total. The molecule has 1 aromatic rings. The van der Waals surface area contributed by atoms with Crippen molar-refractivity contribution in [3.8, 4) is 5.75 Å². The summed E-state index contributed by atoms with van der Waals surface area (Å²) in [4.78, 5) is 13.7. The molecule has 1 amide bonds. The molecule has 0 radical (unpaired) electrons. The average Bonchev–Trinajstić information content (AvgIpc) is 2.33. The molecular formula is C12H16N2O2. The second kappa shape index (κ2) is 4.14.